The number of benzene rings is 1. The lowest BCUT2D eigenvalue weighted by atomic mass is 10.2. The van der Waals surface area contributed by atoms with Gasteiger partial charge < -0.3 is 15.5 Å². The predicted molar refractivity (Wildman–Crippen MR) is 120 cm³/mol. The average Bonchev–Trinajstić information content (AvgIpc) is 3.26. The Kier molecular flexibility index (Phi) is 7.84. The second-order valence-electron chi connectivity index (χ2n) is 7.78. The van der Waals surface area contributed by atoms with Crippen LogP contribution in [0, 0.1) is 0 Å². The molecule has 0 bridgehead atoms. The van der Waals surface area contributed by atoms with Crippen LogP contribution in [0.3, 0.4) is 0 Å². The van der Waals surface area contributed by atoms with Crippen LogP contribution in [0.4, 0.5) is 0 Å². The van der Waals surface area contributed by atoms with Gasteiger partial charge in [0.25, 0.3) is 0 Å². The van der Waals surface area contributed by atoms with E-state index in [-0.39, 0.29) is 11.9 Å². The zero-order valence-corrected chi connectivity index (χ0v) is 18.2. The Balaban J connectivity index is 1.58. The second kappa shape index (κ2) is 10.8. The maximum atomic E-state index is 12.0. The first-order valence-electron chi connectivity index (χ1n) is 10.7. The van der Waals surface area contributed by atoms with Gasteiger partial charge in [0.1, 0.15) is 0 Å². The highest BCUT2D eigenvalue weighted by molar-refractivity contribution is 5.80. The van der Waals surface area contributed by atoms with Crippen LogP contribution in [-0.2, 0) is 11.3 Å². The topological polar surface area (TPSA) is 77.8 Å². The zero-order valence-electron chi connectivity index (χ0n) is 18.2. The number of nitrogens with one attached hydrogen (secondary N) is 2. The number of carbonyl (C=O) groups excluding carboxylic acids is 1. The van der Waals surface area contributed by atoms with Gasteiger partial charge in [0.05, 0.1) is 18.8 Å². The Hall–Kier alpha value is -2.87. The number of guanidine groups is 1. The number of rotatable bonds is 7. The van der Waals surface area contributed by atoms with Gasteiger partial charge in [-0.3, -0.25) is 9.69 Å². The van der Waals surface area contributed by atoms with Gasteiger partial charge in [-0.05, 0) is 44.5 Å². The molecule has 0 spiro atoms. The molecule has 1 aliphatic rings. The highest BCUT2D eigenvalue weighted by atomic mass is 16.2. The molecular formula is C22H33N7O. The third-order valence-electron chi connectivity index (χ3n) is 4.91. The fourth-order valence-electron chi connectivity index (χ4n) is 3.50. The minimum absolute atomic E-state index is 0.0936. The summed E-state index contributed by atoms with van der Waals surface area (Å²) in [6.45, 7) is 11.4. The van der Waals surface area contributed by atoms with E-state index < -0.39 is 0 Å². The van der Waals surface area contributed by atoms with Crippen LogP contribution >= 0.6 is 0 Å². The fourth-order valence-corrected chi connectivity index (χ4v) is 3.50. The van der Waals surface area contributed by atoms with Crippen molar-refractivity contribution in [2.24, 2.45) is 4.99 Å². The molecule has 2 N–H and O–H groups in total. The van der Waals surface area contributed by atoms with E-state index in [0.29, 0.717) is 13.1 Å². The molecule has 1 saturated heterocycles. The van der Waals surface area contributed by atoms with Gasteiger partial charge in [-0.25, -0.2) is 9.67 Å². The summed E-state index contributed by atoms with van der Waals surface area (Å²) in [6, 6.07) is 10.4. The third-order valence-corrected chi connectivity index (χ3v) is 4.91. The van der Waals surface area contributed by atoms with Gasteiger partial charge in [-0.1, -0.05) is 12.1 Å². The smallest absolute Gasteiger partial charge is 0.234 e. The molecule has 3 rings (SSSR count). The maximum absolute atomic E-state index is 12.0. The summed E-state index contributed by atoms with van der Waals surface area (Å²) in [4.78, 5) is 21.3. The molecule has 162 valence electrons. The first-order chi connectivity index (χ1) is 14.5. The zero-order chi connectivity index (χ0) is 21.3. The van der Waals surface area contributed by atoms with Crippen molar-refractivity contribution in [2.45, 2.75) is 33.4 Å². The van der Waals surface area contributed by atoms with E-state index in [4.69, 9.17) is 4.99 Å². The van der Waals surface area contributed by atoms with Crippen molar-refractivity contribution >= 4 is 11.9 Å². The van der Waals surface area contributed by atoms with E-state index in [9.17, 15) is 4.79 Å². The number of hydrogen-bond acceptors (Lipinski definition) is 4. The summed E-state index contributed by atoms with van der Waals surface area (Å²) in [5.74, 6) is 1.02. The Morgan fingerprint density at radius 2 is 2.00 bits per heavy atom. The molecule has 0 saturated carbocycles. The molecule has 1 aromatic heterocycles. The molecule has 8 heteroatoms. The number of hydrogen-bond donors (Lipinski definition) is 2. The summed E-state index contributed by atoms with van der Waals surface area (Å²) in [5, 5.41) is 10.7. The second-order valence-corrected chi connectivity index (χ2v) is 7.78. The molecule has 0 aliphatic carbocycles. The van der Waals surface area contributed by atoms with Gasteiger partial charge in [-0.2, -0.15) is 5.10 Å². The molecule has 2 aromatic rings. The van der Waals surface area contributed by atoms with E-state index in [0.717, 1.165) is 49.9 Å². The summed E-state index contributed by atoms with van der Waals surface area (Å²) in [7, 11) is 0. The molecule has 0 atom stereocenters. The number of amides is 1. The Morgan fingerprint density at radius 1 is 1.20 bits per heavy atom. The van der Waals surface area contributed by atoms with Crippen molar-refractivity contribution in [1.29, 1.82) is 0 Å². The van der Waals surface area contributed by atoms with Crippen LogP contribution in [0.15, 0.2) is 47.7 Å². The third kappa shape index (κ3) is 6.32. The van der Waals surface area contributed by atoms with Gasteiger partial charge in [0.2, 0.25) is 5.91 Å². The van der Waals surface area contributed by atoms with Crippen LogP contribution < -0.4 is 10.6 Å². The monoisotopic (exact) mass is 411 g/mol. The molecule has 0 unspecified atom stereocenters. The summed E-state index contributed by atoms with van der Waals surface area (Å²) >= 11 is 0. The van der Waals surface area contributed by atoms with Gasteiger partial charge >= 0.3 is 0 Å². The van der Waals surface area contributed by atoms with E-state index in [1.807, 2.05) is 42.9 Å². The van der Waals surface area contributed by atoms with E-state index in [2.05, 4.69) is 44.6 Å². The fraction of sp³-hybridized carbons (Fsp3) is 0.500. The van der Waals surface area contributed by atoms with Crippen LogP contribution in [0.25, 0.3) is 5.69 Å². The lowest BCUT2D eigenvalue weighted by molar-refractivity contribution is -0.123. The van der Waals surface area contributed by atoms with Crippen molar-refractivity contribution in [1.82, 2.24) is 30.2 Å². The number of nitrogens with zero attached hydrogens (tertiary/aromatic N) is 5. The number of aromatic nitrogens is 2. The molecule has 1 aliphatic heterocycles. The van der Waals surface area contributed by atoms with Crippen molar-refractivity contribution in [3.63, 3.8) is 0 Å². The predicted octanol–water partition coefficient (Wildman–Crippen LogP) is 1.48. The Morgan fingerprint density at radius 3 is 2.67 bits per heavy atom. The van der Waals surface area contributed by atoms with Crippen molar-refractivity contribution in [3.05, 3.63) is 48.3 Å². The van der Waals surface area contributed by atoms with Gasteiger partial charge in [-0.15, -0.1) is 0 Å². The average molecular weight is 412 g/mol. The molecule has 30 heavy (non-hydrogen) atoms. The highest BCUT2D eigenvalue weighted by Crippen LogP contribution is 2.11. The Bertz CT molecular complexity index is 824. The Labute approximate surface area is 179 Å². The van der Waals surface area contributed by atoms with Crippen molar-refractivity contribution in [3.8, 4) is 5.69 Å². The number of carbonyl (C=O) groups is 1. The minimum Gasteiger partial charge on any atom is -0.357 e. The lowest BCUT2D eigenvalue weighted by Gasteiger charge is -2.36. The van der Waals surface area contributed by atoms with Gasteiger partial charge in [0, 0.05) is 51.2 Å². The SMILES string of the molecule is CCNC(=NCc1cccc(-n2cccn2)c1)N1CCN(CC(=O)NC(C)C)CC1. The van der Waals surface area contributed by atoms with Crippen LogP contribution in [0.2, 0.25) is 0 Å². The summed E-state index contributed by atoms with van der Waals surface area (Å²) < 4.78 is 1.85. The van der Waals surface area contributed by atoms with Gasteiger partial charge in [0.15, 0.2) is 5.96 Å². The minimum atomic E-state index is 0.0936. The molecule has 8 nitrogen and oxygen atoms in total. The number of aliphatic imine (C=N–C) groups is 1. The first kappa shape index (κ1) is 21.8. The van der Waals surface area contributed by atoms with Crippen LogP contribution in [-0.4, -0.2) is 76.8 Å². The van der Waals surface area contributed by atoms with Crippen LogP contribution in [0.5, 0.6) is 0 Å². The maximum Gasteiger partial charge on any atom is 0.234 e. The summed E-state index contributed by atoms with van der Waals surface area (Å²) in [5.41, 5.74) is 2.17. The molecular weight excluding hydrogens is 378 g/mol. The first-order valence-corrected chi connectivity index (χ1v) is 10.7. The molecule has 1 fully saturated rings. The van der Waals surface area contributed by atoms with Crippen LogP contribution in [0.1, 0.15) is 26.3 Å². The molecule has 2 heterocycles. The standard InChI is InChI=1S/C22H33N7O/c1-4-23-22(28-13-11-27(12-14-28)17-21(30)26-18(2)3)24-16-19-7-5-8-20(15-19)29-10-6-9-25-29/h5-10,15,18H,4,11-14,16-17H2,1-3H3,(H,23,24)(H,26,30). The van der Waals surface area contributed by atoms with Crippen molar-refractivity contribution < 1.29 is 4.79 Å². The molecule has 1 amide bonds. The normalized spacial score (nSPS) is 15.5. The quantitative estimate of drug-likeness (QED) is 0.533. The largest absolute Gasteiger partial charge is 0.357 e. The lowest BCUT2D eigenvalue weighted by Crippen LogP contribution is -2.54. The van der Waals surface area contributed by atoms with Crippen molar-refractivity contribution in [2.75, 3.05) is 39.3 Å². The number of piperazine rings is 1. The highest BCUT2D eigenvalue weighted by Gasteiger charge is 2.21. The van der Waals surface area contributed by atoms with E-state index >= 15 is 0 Å². The van der Waals surface area contributed by atoms with E-state index in [1.165, 1.54) is 0 Å². The summed E-state index contributed by atoms with van der Waals surface area (Å²) in [6.07, 6.45) is 3.72. The molecule has 1 aromatic carbocycles. The van der Waals surface area contributed by atoms with E-state index in [1.54, 1.807) is 6.20 Å². The molecule has 0 radical (unpaired) electrons.